The van der Waals surface area contributed by atoms with Crippen molar-refractivity contribution in [3.05, 3.63) is 29.0 Å². The van der Waals surface area contributed by atoms with Gasteiger partial charge in [-0.1, -0.05) is 17.7 Å². The van der Waals surface area contributed by atoms with Gasteiger partial charge in [0.1, 0.15) is 5.15 Å². The van der Waals surface area contributed by atoms with E-state index in [0.29, 0.717) is 5.56 Å². The Hall–Kier alpha value is -0.780. The maximum absolute atomic E-state index is 13.1. The summed E-state index contributed by atoms with van der Waals surface area (Å²) in [5.74, 6) is -2.70. The highest BCUT2D eigenvalue weighted by Crippen LogP contribution is 2.44. The molecule has 3 nitrogen and oxygen atoms in total. The predicted molar refractivity (Wildman–Crippen MR) is 64.5 cm³/mol. The first-order valence-corrected chi connectivity index (χ1v) is 6.18. The number of halogens is 3. The number of rotatable bonds is 2. The normalized spacial score (nSPS) is 23.6. The summed E-state index contributed by atoms with van der Waals surface area (Å²) >= 11 is 5.91. The van der Waals surface area contributed by atoms with Crippen molar-refractivity contribution in [1.29, 1.82) is 0 Å². The van der Waals surface area contributed by atoms with Crippen molar-refractivity contribution in [1.82, 2.24) is 4.98 Å². The van der Waals surface area contributed by atoms with Crippen LogP contribution in [0.1, 0.15) is 37.3 Å². The van der Waals surface area contributed by atoms with E-state index in [1.54, 1.807) is 12.1 Å². The van der Waals surface area contributed by atoms with Gasteiger partial charge in [-0.3, -0.25) is 0 Å². The van der Waals surface area contributed by atoms with Gasteiger partial charge in [-0.25, -0.2) is 13.8 Å². The number of aromatic nitrogens is 1. The summed E-state index contributed by atoms with van der Waals surface area (Å²) in [5, 5.41) is 10.6. The Morgan fingerprint density at radius 3 is 2.50 bits per heavy atom. The average molecular weight is 277 g/mol. The monoisotopic (exact) mass is 276 g/mol. The van der Waals surface area contributed by atoms with E-state index in [1.807, 2.05) is 0 Å². The van der Waals surface area contributed by atoms with Gasteiger partial charge in [0.25, 0.3) is 0 Å². The topological polar surface area (TPSA) is 59.1 Å². The molecule has 0 amide bonds. The molecule has 1 aromatic rings. The number of hydrogen-bond donors (Lipinski definition) is 2. The second-order valence-electron chi connectivity index (χ2n) is 4.82. The van der Waals surface area contributed by atoms with Crippen LogP contribution >= 0.6 is 11.6 Å². The number of pyridine rings is 1. The van der Waals surface area contributed by atoms with E-state index in [0.717, 1.165) is 0 Å². The molecule has 1 heterocycles. The summed E-state index contributed by atoms with van der Waals surface area (Å²) in [6.07, 6.45) is 0.737. The third-order valence-corrected chi connectivity index (χ3v) is 3.87. The lowest BCUT2D eigenvalue weighted by molar-refractivity contribution is -0.113. The lowest BCUT2D eigenvalue weighted by Gasteiger charge is -2.40. The molecule has 1 atom stereocenters. The molecule has 0 spiro atoms. The van der Waals surface area contributed by atoms with E-state index in [2.05, 4.69) is 4.98 Å². The molecule has 0 aromatic carbocycles. The Kier molecular flexibility index (Phi) is 3.58. The summed E-state index contributed by atoms with van der Waals surface area (Å²) in [5.41, 5.74) is 5.13. The van der Waals surface area contributed by atoms with Crippen molar-refractivity contribution in [3.8, 4) is 0 Å². The van der Waals surface area contributed by atoms with Crippen LogP contribution in [0.5, 0.6) is 0 Å². The first kappa shape index (κ1) is 13.6. The van der Waals surface area contributed by atoms with Crippen LogP contribution in [0.15, 0.2) is 18.3 Å². The molecule has 1 aliphatic carbocycles. The minimum absolute atomic E-state index is 0.0353. The summed E-state index contributed by atoms with van der Waals surface area (Å²) < 4.78 is 26.2. The second-order valence-corrected chi connectivity index (χ2v) is 5.18. The van der Waals surface area contributed by atoms with Crippen molar-refractivity contribution in [2.75, 3.05) is 0 Å². The van der Waals surface area contributed by atoms with Crippen LogP contribution in [0.2, 0.25) is 5.15 Å². The Bertz CT molecular complexity index is 432. The minimum Gasteiger partial charge on any atom is -0.388 e. The number of aliphatic hydroxyl groups is 1. The van der Waals surface area contributed by atoms with Gasteiger partial charge >= 0.3 is 0 Å². The molecule has 0 aliphatic heterocycles. The molecule has 0 radical (unpaired) electrons. The minimum atomic E-state index is -2.70. The Morgan fingerprint density at radius 1 is 1.33 bits per heavy atom. The van der Waals surface area contributed by atoms with Crippen molar-refractivity contribution in [2.24, 2.45) is 5.73 Å². The van der Waals surface area contributed by atoms with Gasteiger partial charge in [0.2, 0.25) is 5.92 Å². The molecule has 1 fully saturated rings. The third kappa shape index (κ3) is 2.63. The van der Waals surface area contributed by atoms with Crippen molar-refractivity contribution < 1.29 is 13.9 Å². The highest BCUT2D eigenvalue weighted by molar-refractivity contribution is 6.30. The SMILES string of the molecule is NC(c1cccnc1Cl)C1(O)CCC(F)(F)CC1. The zero-order valence-corrected chi connectivity index (χ0v) is 10.5. The van der Waals surface area contributed by atoms with Crippen molar-refractivity contribution in [2.45, 2.75) is 43.2 Å². The molecule has 6 heteroatoms. The molecule has 1 aromatic heterocycles. The fourth-order valence-electron chi connectivity index (χ4n) is 2.28. The Balaban J connectivity index is 2.19. The van der Waals surface area contributed by atoms with E-state index in [1.165, 1.54) is 6.20 Å². The molecule has 0 saturated heterocycles. The molecule has 1 unspecified atom stereocenters. The van der Waals surface area contributed by atoms with E-state index in [4.69, 9.17) is 17.3 Å². The van der Waals surface area contributed by atoms with Crippen LogP contribution < -0.4 is 5.73 Å². The van der Waals surface area contributed by atoms with Gasteiger partial charge in [0.15, 0.2) is 0 Å². The molecule has 1 aliphatic rings. The van der Waals surface area contributed by atoms with Crippen LogP contribution in [0.3, 0.4) is 0 Å². The predicted octanol–water partition coefficient (Wildman–Crippen LogP) is 2.68. The maximum atomic E-state index is 13.1. The summed E-state index contributed by atoms with van der Waals surface area (Å²) in [6.45, 7) is 0. The van der Waals surface area contributed by atoms with Gasteiger partial charge in [0, 0.05) is 24.6 Å². The van der Waals surface area contributed by atoms with Crippen molar-refractivity contribution in [3.63, 3.8) is 0 Å². The molecule has 3 N–H and O–H groups in total. The standard InChI is InChI=1S/C12H15ClF2N2O/c13-10-8(2-1-7-17-10)9(16)11(18)3-5-12(14,15)6-4-11/h1-2,7,9,18H,3-6,16H2. The fraction of sp³-hybridized carbons (Fsp3) is 0.583. The van der Waals surface area contributed by atoms with Crippen LogP contribution in [0, 0.1) is 0 Å². The van der Waals surface area contributed by atoms with E-state index >= 15 is 0 Å². The molecule has 0 bridgehead atoms. The van der Waals surface area contributed by atoms with E-state index in [-0.39, 0.29) is 30.8 Å². The van der Waals surface area contributed by atoms with E-state index < -0.39 is 17.6 Å². The van der Waals surface area contributed by atoms with Crippen molar-refractivity contribution >= 4 is 11.6 Å². The smallest absolute Gasteiger partial charge is 0.248 e. The molecule has 18 heavy (non-hydrogen) atoms. The second kappa shape index (κ2) is 4.72. The lowest BCUT2D eigenvalue weighted by atomic mass is 9.76. The number of nitrogens with zero attached hydrogens (tertiary/aromatic N) is 1. The van der Waals surface area contributed by atoms with Crippen LogP contribution in [-0.2, 0) is 0 Å². The highest BCUT2D eigenvalue weighted by Gasteiger charge is 2.46. The number of hydrogen-bond acceptors (Lipinski definition) is 3. The molecule has 2 rings (SSSR count). The summed E-state index contributed by atoms with van der Waals surface area (Å²) in [6, 6.07) is 2.52. The highest BCUT2D eigenvalue weighted by atomic mass is 35.5. The lowest BCUT2D eigenvalue weighted by Crippen LogP contribution is -2.46. The number of nitrogens with two attached hydrogens (primary N) is 1. The molecule has 100 valence electrons. The Morgan fingerprint density at radius 2 is 1.94 bits per heavy atom. The average Bonchev–Trinajstić information content (AvgIpc) is 2.33. The molecular weight excluding hydrogens is 262 g/mol. The van der Waals surface area contributed by atoms with Gasteiger partial charge in [-0.15, -0.1) is 0 Å². The molecule has 1 saturated carbocycles. The van der Waals surface area contributed by atoms with Gasteiger partial charge in [0.05, 0.1) is 11.6 Å². The third-order valence-electron chi connectivity index (χ3n) is 3.55. The van der Waals surface area contributed by atoms with Gasteiger partial charge < -0.3 is 10.8 Å². The van der Waals surface area contributed by atoms with Gasteiger partial charge in [-0.05, 0) is 18.9 Å². The first-order valence-electron chi connectivity index (χ1n) is 5.80. The van der Waals surface area contributed by atoms with Gasteiger partial charge in [-0.2, -0.15) is 0 Å². The first-order chi connectivity index (χ1) is 8.34. The van der Waals surface area contributed by atoms with E-state index in [9.17, 15) is 13.9 Å². The maximum Gasteiger partial charge on any atom is 0.248 e. The van der Waals surface area contributed by atoms with Crippen LogP contribution in [0.4, 0.5) is 8.78 Å². The number of alkyl halides is 2. The van der Waals surface area contributed by atoms with Crippen LogP contribution in [0.25, 0.3) is 0 Å². The zero-order chi connectivity index (χ0) is 13.4. The van der Waals surface area contributed by atoms with Crippen LogP contribution in [-0.4, -0.2) is 21.6 Å². The summed E-state index contributed by atoms with van der Waals surface area (Å²) in [4.78, 5) is 3.88. The fourth-order valence-corrected chi connectivity index (χ4v) is 2.52. The summed E-state index contributed by atoms with van der Waals surface area (Å²) in [7, 11) is 0. The Labute approximate surface area is 109 Å². The zero-order valence-electron chi connectivity index (χ0n) is 9.74. The molecular formula is C12H15ClF2N2O. The quantitative estimate of drug-likeness (QED) is 0.817. The largest absolute Gasteiger partial charge is 0.388 e.